The molecule has 6 nitrogen and oxygen atoms in total. The smallest absolute Gasteiger partial charge is 0.255 e. The average molecular weight is 265 g/mol. The summed E-state index contributed by atoms with van der Waals surface area (Å²) in [7, 11) is 0. The van der Waals surface area contributed by atoms with Gasteiger partial charge in [0, 0.05) is 5.56 Å². The first kappa shape index (κ1) is 13.5. The van der Waals surface area contributed by atoms with Crippen LogP contribution in [0.1, 0.15) is 40.3 Å². The van der Waals surface area contributed by atoms with Crippen molar-refractivity contribution in [2.24, 2.45) is 16.8 Å². The number of amidine groups is 1. The standard InChI is InChI=1S/C13H19N3O3/c1-6-7(2)19-8(3)10(6)13(17)15-11(9-4-5-9)12(14)16-18/h9,11,18H,4-5H2,1-3H3,(H2,14,16)(H,15,17). The van der Waals surface area contributed by atoms with E-state index in [1.165, 1.54) is 0 Å². The number of aryl methyl sites for hydroxylation is 2. The maximum atomic E-state index is 12.3. The van der Waals surface area contributed by atoms with Crippen LogP contribution >= 0.6 is 0 Å². The van der Waals surface area contributed by atoms with Crippen molar-refractivity contribution < 1.29 is 14.4 Å². The number of oxime groups is 1. The van der Waals surface area contributed by atoms with Gasteiger partial charge in [0.15, 0.2) is 5.84 Å². The highest BCUT2D eigenvalue weighted by Crippen LogP contribution is 2.33. The van der Waals surface area contributed by atoms with Crippen LogP contribution in [-0.2, 0) is 0 Å². The predicted octanol–water partition coefficient (Wildman–Crippen LogP) is 1.46. The summed E-state index contributed by atoms with van der Waals surface area (Å²) >= 11 is 0. The number of hydrogen-bond acceptors (Lipinski definition) is 4. The van der Waals surface area contributed by atoms with E-state index in [0.29, 0.717) is 11.3 Å². The van der Waals surface area contributed by atoms with Crippen LogP contribution in [0.5, 0.6) is 0 Å². The number of nitrogens with zero attached hydrogens (tertiary/aromatic N) is 1. The summed E-state index contributed by atoms with van der Waals surface area (Å²) in [4.78, 5) is 12.3. The lowest BCUT2D eigenvalue weighted by atomic mass is 10.1. The number of carbonyl (C=O) groups is 1. The predicted molar refractivity (Wildman–Crippen MR) is 70.3 cm³/mol. The molecule has 0 radical (unpaired) electrons. The number of rotatable bonds is 4. The minimum Gasteiger partial charge on any atom is -0.466 e. The molecule has 1 unspecified atom stereocenters. The molecule has 6 heteroatoms. The van der Waals surface area contributed by atoms with Crippen molar-refractivity contribution in [2.45, 2.75) is 39.7 Å². The van der Waals surface area contributed by atoms with E-state index in [1.54, 1.807) is 6.92 Å². The molecule has 1 aromatic heterocycles. The third kappa shape index (κ3) is 2.57. The molecular formula is C13H19N3O3. The Morgan fingerprint density at radius 1 is 1.42 bits per heavy atom. The fraction of sp³-hybridized carbons (Fsp3) is 0.538. The van der Waals surface area contributed by atoms with E-state index in [0.717, 1.165) is 24.2 Å². The lowest BCUT2D eigenvalue weighted by Gasteiger charge is -2.16. The fourth-order valence-corrected chi connectivity index (χ4v) is 2.27. The molecule has 1 aromatic rings. The lowest BCUT2D eigenvalue weighted by molar-refractivity contribution is 0.0941. The van der Waals surface area contributed by atoms with Gasteiger partial charge in [-0.2, -0.15) is 0 Å². The first-order valence-corrected chi connectivity index (χ1v) is 6.30. The second kappa shape index (κ2) is 4.95. The van der Waals surface area contributed by atoms with Crippen molar-refractivity contribution in [3.63, 3.8) is 0 Å². The molecule has 1 heterocycles. The highest BCUT2D eigenvalue weighted by molar-refractivity contribution is 6.00. The zero-order valence-corrected chi connectivity index (χ0v) is 11.4. The highest BCUT2D eigenvalue weighted by atomic mass is 16.4. The Labute approximate surface area is 111 Å². The molecule has 0 saturated heterocycles. The van der Waals surface area contributed by atoms with Crippen LogP contribution in [0.3, 0.4) is 0 Å². The summed E-state index contributed by atoms with van der Waals surface area (Å²) in [5.74, 6) is 1.38. The Kier molecular flexibility index (Phi) is 3.50. The van der Waals surface area contributed by atoms with Crippen molar-refractivity contribution >= 4 is 11.7 Å². The first-order valence-electron chi connectivity index (χ1n) is 6.30. The highest BCUT2D eigenvalue weighted by Gasteiger charge is 2.36. The molecule has 0 aliphatic heterocycles. The van der Waals surface area contributed by atoms with Crippen LogP contribution in [-0.4, -0.2) is 23.0 Å². The second-order valence-electron chi connectivity index (χ2n) is 5.03. The molecule has 104 valence electrons. The molecule has 19 heavy (non-hydrogen) atoms. The van der Waals surface area contributed by atoms with E-state index in [4.69, 9.17) is 15.4 Å². The van der Waals surface area contributed by atoms with E-state index in [1.807, 2.05) is 13.8 Å². The summed E-state index contributed by atoms with van der Waals surface area (Å²) < 4.78 is 5.44. The topological polar surface area (TPSA) is 101 Å². The zero-order chi connectivity index (χ0) is 14.2. The van der Waals surface area contributed by atoms with Crippen molar-refractivity contribution in [2.75, 3.05) is 0 Å². The van der Waals surface area contributed by atoms with Crippen LogP contribution in [0.15, 0.2) is 9.57 Å². The van der Waals surface area contributed by atoms with Gasteiger partial charge < -0.3 is 20.7 Å². The van der Waals surface area contributed by atoms with Gasteiger partial charge in [0.2, 0.25) is 0 Å². The lowest BCUT2D eigenvalue weighted by Crippen LogP contribution is -2.46. The van der Waals surface area contributed by atoms with E-state index < -0.39 is 6.04 Å². The summed E-state index contributed by atoms with van der Waals surface area (Å²) in [5, 5.41) is 14.6. The Bertz CT molecular complexity index is 529. The molecule has 1 atom stereocenters. The van der Waals surface area contributed by atoms with Crippen molar-refractivity contribution in [1.29, 1.82) is 0 Å². The van der Waals surface area contributed by atoms with Gasteiger partial charge >= 0.3 is 0 Å². The maximum Gasteiger partial charge on any atom is 0.255 e. The molecule has 0 aromatic carbocycles. The van der Waals surface area contributed by atoms with Crippen LogP contribution in [0.4, 0.5) is 0 Å². The van der Waals surface area contributed by atoms with E-state index in [-0.39, 0.29) is 17.7 Å². The Balaban J connectivity index is 2.20. The van der Waals surface area contributed by atoms with Crippen LogP contribution in [0.2, 0.25) is 0 Å². The molecule has 2 rings (SSSR count). The van der Waals surface area contributed by atoms with E-state index in [9.17, 15) is 4.79 Å². The number of carbonyl (C=O) groups excluding carboxylic acids is 1. The summed E-state index contributed by atoms with van der Waals surface area (Å²) in [5.41, 5.74) is 6.99. The molecule has 1 saturated carbocycles. The van der Waals surface area contributed by atoms with Gasteiger partial charge in [-0.1, -0.05) is 5.16 Å². The van der Waals surface area contributed by atoms with Gasteiger partial charge in [-0.05, 0) is 39.5 Å². The minimum atomic E-state index is -0.411. The van der Waals surface area contributed by atoms with Crippen molar-refractivity contribution in [3.8, 4) is 0 Å². The van der Waals surface area contributed by atoms with Crippen LogP contribution < -0.4 is 11.1 Å². The third-order valence-corrected chi connectivity index (χ3v) is 3.60. The van der Waals surface area contributed by atoms with Gasteiger partial charge in [0.25, 0.3) is 5.91 Å². The number of nitrogens with two attached hydrogens (primary N) is 1. The molecule has 1 aliphatic rings. The summed E-state index contributed by atoms with van der Waals surface area (Å²) in [6.45, 7) is 5.42. The van der Waals surface area contributed by atoms with Gasteiger partial charge in [-0.3, -0.25) is 4.79 Å². The van der Waals surface area contributed by atoms with Gasteiger partial charge in [-0.15, -0.1) is 0 Å². The first-order chi connectivity index (χ1) is 8.95. The van der Waals surface area contributed by atoms with Crippen LogP contribution in [0, 0.1) is 26.7 Å². The molecule has 1 aliphatic carbocycles. The summed E-state index contributed by atoms with van der Waals surface area (Å²) in [6, 6.07) is -0.411. The molecule has 0 bridgehead atoms. The molecule has 1 fully saturated rings. The SMILES string of the molecule is Cc1oc(C)c(C(=O)NC(C(N)=NO)C2CC2)c1C. The fourth-order valence-electron chi connectivity index (χ4n) is 2.27. The number of nitrogens with one attached hydrogen (secondary N) is 1. The molecule has 1 amide bonds. The van der Waals surface area contributed by atoms with E-state index >= 15 is 0 Å². The third-order valence-electron chi connectivity index (χ3n) is 3.60. The maximum absolute atomic E-state index is 12.3. The van der Waals surface area contributed by atoms with Gasteiger partial charge in [0.05, 0.1) is 11.6 Å². The normalized spacial score (nSPS) is 17.3. The quantitative estimate of drug-likeness (QED) is 0.332. The van der Waals surface area contributed by atoms with Crippen molar-refractivity contribution in [3.05, 3.63) is 22.6 Å². The number of furan rings is 1. The largest absolute Gasteiger partial charge is 0.466 e. The monoisotopic (exact) mass is 265 g/mol. The minimum absolute atomic E-state index is 0.0476. The zero-order valence-electron chi connectivity index (χ0n) is 11.4. The van der Waals surface area contributed by atoms with Crippen molar-refractivity contribution in [1.82, 2.24) is 5.32 Å². The average Bonchev–Trinajstić information content (AvgIpc) is 3.15. The molecule has 4 N–H and O–H groups in total. The Morgan fingerprint density at radius 2 is 2.05 bits per heavy atom. The number of hydrogen-bond donors (Lipinski definition) is 3. The number of amides is 1. The molecular weight excluding hydrogens is 246 g/mol. The van der Waals surface area contributed by atoms with Gasteiger partial charge in [-0.25, -0.2) is 0 Å². The van der Waals surface area contributed by atoms with Gasteiger partial charge in [0.1, 0.15) is 11.5 Å². The van der Waals surface area contributed by atoms with Crippen LogP contribution in [0.25, 0.3) is 0 Å². The van der Waals surface area contributed by atoms with E-state index in [2.05, 4.69) is 10.5 Å². The molecule has 0 spiro atoms. The Hall–Kier alpha value is -1.98. The summed E-state index contributed by atoms with van der Waals surface area (Å²) in [6.07, 6.45) is 1.95. The second-order valence-corrected chi connectivity index (χ2v) is 5.03. The Morgan fingerprint density at radius 3 is 2.47 bits per heavy atom.